The zero-order chi connectivity index (χ0) is 11.3. The van der Waals surface area contributed by atoms with Gasteiger partial charge in [0.1, 0.15) is 0 Å². The quantitative estimate of drug-likeness (QED) is 0.666. The van der Waals surface area contributed by atoms with Crippen LogP contribution in [-0.4, -0.2) is 24.0 Å². The van der Waals surface area contributed by atoms with Crippen LogP contribution in [0.2, 0.25) is 0 Å². The Balaban J connectivity index is 2.18. The predicted octanol–water partition coefficient (Wildman–Crippen LogP) is 3.93. The van der Waals surface area contributed by atoms with Gasteiger partial charge in [-0.25, -0.2) is 0 Å². The summed E-state index contributed by atoms with van der Waals surface area (Å²) in [6, 6.07) is 0.748. The summed E-state index contributed by atoms with van der Waals surface area (Å²) < 4.78 is 0. The summed E-state index contributed by atoms with van der Waals surface area (Å²) in [5.74, 6) is 1.87. The van der Waals surface area contributed by atoms with E-state index in [0.29, 0.717) is 0 Å². The van der Waals surface area contributed by atoms with Gasteiger partial charge in [-0.3, -0.25) is 0 Å². The van der Waals surface area contributed by atoms with E-state index >= 15 is 0 Å². The van der Waals surface area contributed by atoms with Crippen LogP contribution >= 0.6 is 0 Å². The molecule has 90 valence electrons. The van der Waals surface area contributed by atoms with E-state index in [1.807, 2.05) is 0 Å². The summed E-state index contributed by atoms with van der Waals surface area (Å²) in [6.07, 6.45) is 7.21. The van der Waals surface area contributed by atoms with Crippen molar-refractivity contribution < 1.29 is 0 Å². The molecule has 0 aliphatic carbocycles. The Morgan fingerprint density at radius 3 is 2.53 bits per heavy atom. The third-order valence-corrected chi connectivity index (χ3v) is 3.67. The molecule has 1 aliphatic rings. The maximum Gasteiger partial charge on any atom is 0.00387 e. The lowest BCUT2D eigenvalue weighted by atomic mass is 9.91. The molecule has 0 aromatic rings. The maximum absolute atomic E-state index is 2.66. The van der Waals surface area contributed by atoms with Crippen LogP contribution in [0.3, 0.4) is 0 Å². The van der Waals surface area contributed by atoms with Crippen LogP contribution in [-0.2, 0) is 0 Å². The smallest absolute Gasteiger partial charge is 0.00387 e. The van der Waals surface area contributed by atoms with Crippen LogP contribution in [0.15, 0.2) is 0 Å². The first-order chi connectivity index (χ1) is 7.09. The maximum atomic E-state index is 2.66. The highest BCUT2D eigenvalue weighted by Gasteiger charge is 2.20. The molecule has 0 aromatic carbocycles. The third-order valence-electron chi connectivity index (χ3n) is 3.67. The lowest BCUT2D eigenvalue weighted by molar-refractivity contribution is 0.133. The summed E-state index contributed by atoms with van der Waals surface area (Å²) in [7, 11) is 0. The van der Waals surface area contributed by atoms with Crippen molar-refractivity contribution in [3.8, 4) is 0 Å². The van der Waals surface area contributed by atoms with Gasteiger partial charge in [0, 0.05) is 12.6 Å². The summed E-state index contributed by atoms with van der Waals surface area (Å²) in [5.41, 5.74) is 0. The third kappa shape index (κ3) is 5.01. The van der Waals surface area contributed by atoms with Crippen molar-refractivity contribution in [2.24, 2.45) is 11.8 Å². The standard InChI is InChI=1S/C14H29N/c1-12(2)7-5-8-14-9-6-10-15(11-14)13(3)4/h12-14H,5-11H2,1-4H3. The van der Waals surface area contributed by atoms with Crippen molar-refractivity contribution in [3.05, 3.63) is 0 Å². The zero-order valence-electron chi connectivity index (χ0n) is 11.1. The zero-order valence-corrected chi connectivity index (χ0v) is 11.1. The second-order valence-electron chi connectivity index (χ2n) is 5.92. The van der Waals surface area contributed by atoms with Crippen LogP contribution in [0.5, 0.6) is 0 Å². The molecule has 0 N–H and O–H groups in total. The SMILES string of the molecule is CC(C)CCCC1CCCN(C(C)C)C1. The van der Waals surface area contributed by atoms with Crippen LogP contribution < -0.4 is 0 Å². The van der Waals surface area contributed by atoms with E-state index in [1.165, 1.54) is 45.2 Å². The van der Waals surface area contributed by atoms with Gasteiger partial charge in [-0.1, -0.05) is 26.7 Å². The average Bonchev–Trinajstić information content (AvgIpc) is 2.17. The molecular formula is C14H29N. The lowest BCUT2D eigenvalue weighted by Gasteiger charge is -2.35. The molecule has 0 aromatic heterocycles. The van der Waals surface area contributed by atoms with Crippen molar-refractivity contribution in [1.82, 2.24) is 4.90 Å². The molecule has 1 unspecified atom stereocenters. The van der Waals surface area contributed by atoms with Gasteiger partial charge in [-0.15, -0.1) is 0 Å². The average molecular weight is 211 g/mol. The van der Waals surface area contributed by atoms with E-state index in [1.54, 1.807) is 0 Å². The van der Waals surface area contributed by atoms with E-state index in [4.69, 9.17) is 0 Å². The fraction of sp³-hybridized carbons (Fsp3) is 1.00. The summed E-state index contributed by atoms with van der Waals surface area (Å²) >= 11 is 0. The molecule has 0 saturated carbocycles. The van der Waals surface area contributed by atoms with Gasteiger partial charge in [0.05, 0.1) is 0 Å². The molecule has 0 bridgehead atoms. The number of rotatable bonds is 5. The van der Waals surface area contributed by atoms with Gasteiger partial charge in [-0.2, -0.15) is 0 Å². The summed E-state index contributed by atoms with van der Waals surface area (Å²) in [4.78, 5) is 2.66. The van der Waals surface area contributed by atoms with E-state index in [2.05, 4.69) is 32.6 Å². The van der Waals surface area contributed by atoms with Crippen molar-refractivity contribution in [2.75, 3.05) is 13.1 Å². The molecule has 0 radical (unpaired) electrons. The Hall–Kier alpha value is -0.0400. The summed E-state index contributed by atoms with van der Waals surface area (Å²) in [6.45, 7) is 12.0. The van der Waals surface area contributed by atoms with Crippen molar-refractivity contribution in [2.45, 2.75) is 65.8 Å². The molecule has 1 rings (SSSR count). The van der Waals surface area contributed by atoms with Crippen LogP contribution in [0.1, 0.15) is 59.8 Å². The second kappa shape index (κ2) is 6.52. The monoisotopic (exact) mass is 211 g/mol. The normalized spacial score (nSPS) is 24.0. The van der Waals surface area contributed by atoms with E-state index in [-0.39, 0.29) is 0 Å². The molecule has 1 nitrogen and oxygen atoms in total. The van der Waals surface area contributed by atoms with Gasteiger partial charge in [0.15, 0.2) is 0 Å². The number of nitrogens with zero attached hydrogens (tertiary/aromatic N) is 1. The molecule has 1 fully saturated rings. The van der Waals surface area contributed by atoms with E-state index < -0.39 is 0 Å². The Labute approximate surface area is 96.2 Å². The molecule has 1 atom stereocenters. The Kier molecular flexibility index (Phi) is 5.66. The molecule has 0 spiro atoms. The van der Waals surface area contributed by atoms with Crippen LogP contribution in [0.25, 0.3) is 0 Å². The van der Waals surface area contributed by atoms with Gasteiger partial charge >= 0.3 is 0 Å². The minimum Gasteiger partial charge on any atom is -0.301 e. The fourth-order valence-electron chi connectivity index (χ4n) is 2.62. The highest BCUT2D eigenvalue weighted by Crippen LogP contribution is 2.23. The van der Waals surface area contributed by atoms with E-state index in [0.717, 1.165) is 17.9 Å². The second-order valence-corrected chi connectivity index (χ2v) is 5.92. The highest BCUT2D eigenvalue weighted by atomic mass is 15.2. The number of likely N-dealkylation sites (tertiary alicyclic amines) is 1. The minimum absolute atomic E-state index is 0.748. The fourth-order valence-corrected chi connectivity index (χ4v) is 2.62. The van der Waals surface area contributed by atoms with Crippen LogP contribution in [0.4, 0.5) is 0 Å². The number of hydrogen-bond acceptors (Lipinski definition) is 1. The van der Waals surface area contributed by atoms with Gasteiger partial charge in [0.25, 0.3) is 0 Å². The number of hydrogen-bond donors (Lipinski definition) is 0. The van der Waals surface area contributed by atoms with Crippen LogP contribution in [0, 0.1) is 11.8 Å². The Morgan fingerprint density at radius 2 is 1.93 bits per heavy atom. The van der Waals surface area contributed by atoms with Crippen molar-refractivity contribution in [3.63, 3.8) is 0 Å². The van der Waals surface area contributed by atoms with Gasteiger partial charge < -0.3 is 4.90 Å². The Bertz CT molecular complexity index is 163. The largest absolute Gasteiger partial charge is 0.301 e. The highest BCUT2D eigenvalue weighted by molar-refractivity contribution is 4.75. The first-order valence-corrected chi connectivity index (χ1v) is 6.83. The van der Waals surface area contributed by atoms with Crippen molar-refractivity contribution in [1.29, 1.82) is 0 Å². The molecule has 1 saturated heterocycles. The van der Waals surface area contributed by atoms with Gasteiger partial charge in [-0.05, 0) is 51.5 Å². The molecule has 1 heteroatoms. The van der Waals surface area contributed by atoms with E-state index in [9.17, 15) is 0 Å². The molecular weight excluding hydrogens is 182 g/mol. The molecule has 0 amide bonds. The molecule has 1 aliphatic heterocycles. The molecule has 15 heavy (non-hydrogen) atoms. The predicted molar refractivity (Wildman–Crippen MR) is 68.1 cm³/mol. The minimum atomic E-state index is 0.748. The topological polar surface area (TPSA) is 3.24 Å². The summed E-state index contributed by atoms with van der Waals surface area (Å²) in [5, 5.41) is 0. The lowest BCUT2D eigenvalue weighted by Crippen LogP contribution is -2.39. The van der Waals surface area contributed by atoms with Crippen molar-refractivity contribution >= 4 is 0 Å². The number of piperidine rings is 1. The first kappa shape index (κ1) is 13.0. The first-order valence-electron chi connectivity index (χ1n) is 6.83. The molecule has 1 heterocycles. The van der Waals surface area contributed by atoms with Gasteiger partial charge in [0.2, 0.25) is 0 Å². The Morgan fingerprint density at radius 1 is 1.20 bits per heavy atom.